The predicted octanol–water partition coefficient (Wildman–Crippen LogP) is 3.45. The summed E-state index contributed by atoms with van der Waals surface area (Å²) in [6.07, 6.45) is 1.26. The average molecular weight is 207 g/mol. The van der Waals surface area contributed by atoms with E-state index < -0.39 is 12.5 Å². The molecule has 0 fully saturated rings. The van der Waals surface area contributed by atoms with Crippen molar-refractivity contribution in [1.29, 1.82) is 0 Å². The van der Waals surface area contributed by atoms with E-state index in [1.807, 2.05) is 6.92 Å². The number of hydrogen-bond donors (Lipinski definition) is 1. The molecule has 0 bridgehead atoms. The normalized spacial score (nSPS) is 13.9. The standard InChI is InChI=1S/C11H23F2N/c1-4-7-14-10(11(12)13)8-9(5-2)6-3/h9-11,14H,4-8H2,1-3H3. The van der Waals surface area contributed by atoms with Crippen molar-refractivity contribution < 1.29 is 8.78 Å². The molecular formula is C11H23F2N. The molecule has 14 heavy (non-hydrogen) atoms. The first-order valence-corrected chi connectivity index (χ1v) is 5.67. The van der Waals surface area contributed by atoms with Gasteiger partial charge in [-0.2, -0.15) is 0 Å². The van der Waals surface area contributed by atoms with Crippen molar-refractivity contribution in [3.05, 3.63) is 0 Å². The van der Waals surface area contributed by atoms with Crippen molar-refractivity contribution in [2.24, 2.45) is 5.92 Å². The number of halogens is 2. The van der Waals surface area contributed by atoms with E-state index in [-0.39, 0.29) is 0 Å². The van der Waals surface area contributed by atoms with E-state index in [9.17, 15) is 8.78 Å². The summed E-state index contributed by atoms with van der Waals surface area (Å²) >= 11 is 0. The van der Waals surface area contributed by atoms with Crippen LogP contribution >= 0.6 is 0 Å². The van der Waals surface area contributed by atoms with Crippen LogP contribution in [0.4, 0.5) is 8.78 Å². The summed E-state index contributed by atoms with van der Waals surface area (Å²) < 4.78 is 25.2. The zero-order valence-electron chi connectivity index (χ0n) is 9.52. The van der Waals surface area contributed by atoms with Gasteiger partial charge < -0.3 is 5.32 Å². The molecular weight excluding hydrogens is 184 g/mol. The van der Waals surface area contributed by atoms with Crippen LogP contribution in [0.1, 0.15) is 46.5 Å². The second-order valence-electron chi connectivity index (χ2n) is 3.81. The molecule has 0 spiro atoms. The van der Waals surface area contributed by atoms with Crippen LogP contribution in [0, 0.1) is 5.92 Å². The van der Waals surface area contributed by atoms with E-state index in [1.165, 1.54) is 0 Å². The molecule has 0 aromatic rings. The van der Waals surface area contributed by atoms with Crippen LogP contribution in [0.2, 0.25) is 0 Å². The number of rotatable bonds is 8. The zero-order valence-corrected chi connectivity index (χ0v) is 9.52. The Labute approximate surface area is 86.3 Å². The fraction of sp³-hybridized carbons (Fsp3) is 1.00. The van der Waals surface area contributed by atoms with Crippen LogP contribution in [0.5, 0.6) is 0 Å². The lowest BCUT2D eigenvalue weighted by Crippen LogP contribution is -2.37. The summed E-state index contributed by atoms with van der Waals surface area (Å²) in [4.78, 5) is 0. The molecule has 1 N–H and O–H groups in total. The summed E-state index contributed by atoms with van der Waals surface area (Å²) in [5.41, 5.74) is 0. The van der Waals surface area contributed by atoms with Gasteiger partial charge in [0.1, 0.15) is 0 Å². The van der Waals surface area contributed by atoms with Crippen LogP contribution in [0.15, 0.2) is 0 Å². The zero-order chi connectivity index (χ0) is 11.0. The lowest BCUT2D eigenvalue weighted by molar-refractivity contribution is 0.0846. The molecule has 0 aliphatic heterocycles. The lowest BCUT2D eigenvalue weighted by atomic mass is 9.95. The van der Waals surface area contributed by atoms with E-state index in [1.54, 1.807) is 0 Å². The van der Waals surface area contributed by atoms with Gasteiger partial charge in [-0.05, 0) is 25.3 Å². The minimum atomic E-state index is -2.23. The maximum atomic E-state index is 12.6. The molecule has 0 amide bonds. The Morgan fingerprint density at radius 2 is 1.64 bits per heavy atom. The number of alkyl halides is 2. The maximum absolute atomic E-state index is 12.6. The van der Waals surface area contributed by atoms with Crippen LogP contribution < -0.4 is 5.32 Å². The third kappa shape index (κ3) is 5.53. The second kappa shape index (κ2) is 8.16. The Kier molecular flexibility index (Phi) is 8.05. The van der Waals surface area contributed by atoms with Crippen molar-refractivity contribution in [1.82, 2.24) is 5.32 Å². The fourth-order valence-corrected chi connectivity index (χ4v) is 1.59. The van der Waals surface area contributed by atoms with Gasteiger partial charge >= 0.3 is 0 Å². The largest absolute Gasteiger partial charge is 0.309 e. The van der Waals surface area contributed by atoms with Crippen molar-refractivity contribution in [2.75, 3.05) is 6.54 Å². The third-order valence-electron chi connectivity index (χ3n) is 2.70. The molecule has 1 nitrogen and oxygen atoms in total. The Hall–Kier alpha value is -0.180. The van der Waals surface area contributed by atoms with E-state index in [0.717, 1.165) is 19.3 Å². The third-order valence-corrected chi connectivity index (χ3v) is 2.70. The van der Waals surface area contributed by atoms with Crippen molar-refractivity contribution in [3.8, 4) is 0 Å². The summed E-state index contributed by atoms with van der Waals surface area (Å²) in [5, 5.41) is 2.92. The van der Waals surface area contributed by atoms with Crippen LogP contribution in [0.25, 0.3) is 0 Å². The first-order valence-electron chi connectivity index (χ1n) is 5.67. The van der Waals surface area contributed by atoms with Gasteiger partial charge in [0.25, 0.3) is 6.43 Å². The quantitative estimate of drug-likeness (QED) is 0.643. The highest BCUT2D eigenvalue weighted by molar-refractivity contribution is 4.72. The van der Waals surface area contributed by atoms with E-state index in [2.05, 4.69) is 19.2 Å². The van der Waals surface area contributed by atoms with Gasteiger partial charge in [-0.1, -0.05) is 33.6 Å². The second-order valence-corrected chi connectivity index (χ2v) is 3.81. The minimum Gasteiger partial charge on any atom is -0.309 e. The first-order chi connectivity index (χ1) is 6.65. The molecule has 1 atom stereocenters. The van der Waals surface area contributed by atoms with Gasteiger partial charge in [0.05, 0.1) is 6.04 Å². The molecule has 0 aromatic carbocycles. The SMILES string of the molecule is CCCNC(CC(CC)CC)C(F)F. The Balaban J connectivity index is 3.93. The lowest BCUT2D eigenvalue weighted by Gasteiger charge is -2.22. The first kappa shape index (κ1) is 13.8. The number of hydrogen-bond acceptors (Lipinski definition) is 1. The van der Waals surface area contributed by atoms with Crippen LogP contribution in [-0.4, -0.2) is 19.0 Å². The summed E-state index contributed by atoms with van der Waals surface area (Å²) in [6.45, 7) is 6.81. The monoisotopic (exact) mass is 207 g/mol. The molecule has 3 heteroatoms. The van der Waals surface area contributed by atoms with E-state index >= 15 is 0 Å². The molecule has 86 valence electrons. The molecule has 0 rings (SSSR count). The molecule has 0 aromatic heterocycles. The minimum absolute atomic E-state index is 0.429. The van der Waals surface area contributed by atoms with Crippen molar-refractivity contribution >= 4 is 0 Å². The molecule has 0 saturated heterocycles. The Morgan fingerprint density at radius 3 is 2.00 bits per heavy atom. The van der Waals surface area contributed by atoms with Gasteiger partial charge in [0.2, 0.25) is 0 Å². The molecule has 0 saturated carbocycles. The highest BCUT2D eigenvalue weighted by Crippen LogP contribution is 2.18. The Bertz CT molecular complexity index is 124. The molecule has 1 unspecified atom stereocenters. The molecule has 0 radical (unpaired) electrons. The summed E-state index contributed by atoms with van der Waals surface area (Å²) in [7, 11) is 0. The summed E-state index contributed by atoms with van der Waals surface area (Å²) in [6, 6.07) is -0.611. The van der Waals surface area contributed by atoms with E-state index in [0.29, 0.717) is 18.9 Å². The van der Waals surface area contributed by atoms with Crippen molar-refractivity contribution in [3.63, 3.8) is 0 Å². The van der Waals surface area contributed by atoms with Gasteiger partial charge in [-0.3, -0.25) is 0 Å². The Morgan fingerprint density at radius 1 is 1.07 bits per heavy atom. The predicted molar refractivity (Wildman–Crippen MR) is 56.8 cm³/mol. The van der Waals surface area contributed by atoms with E-state index in [4.69, 9.17) is 0 Å². The molecule has 0 aliphatic carbocycles. The average Bonchev–Trinajstić information content (AvgIpc) is 2.18. The van der Waals surface area contributed by atoms with Gasteiger partial charge in [0, 0.05) is 0 Å². The van der Waals surface area contributed by atoms with Crippen LogP contribution in [-0.2, 0) is 0 Å². The fourth-order valence-electron chi connectivity index (χ4n) is 1.59. The van der Waals surface area contributed by atoms with Gasteiger partial charge in [-0.25, -0.2) is 8.78 Å². The maximum Gasteiger partial charge on any atom is 0.253 e. The van der Waals surface area contributed by atoms with Gasteiger partial charge in [-0.15, -0.1) is 0 Å². The topological polar surface area (TPSA) is 12.0 Å². The van der Waals surface area contributed by atoms with Gasteiger partial charge in [0.15, 0.2) is 0 Å². The smallest absolute Gasteiger partial charge is 0.253 e. The van der Waals surface area contributed by atoms with Crippen molar-refractivity contribution in [2.45, 2.75) is 58.9 Å². The molecule has 0 aliphatic rings. The highest BCUT2D eigenvalue weighted by Gasteiger charge is 2.22. The molecule has 0 heterocycles. The van der Waals surface area contributed by atoms with Crippen LogP contribution in [0.3, 0.4) is 0 Å². The highest BCUT2D eigenvalue weighted by atomic mass is 19.3. The number of nitrogens with one attached hydrogen (secondary N) is 1. The summed E-state index contributed by atoms with van der Waals surface area (Å²) in [5.74, 6) is 0.429.